The van der Waals surface area contributed by atoms with Gasteiger partial charge in [0.15, 0.2) is 0 Å². The second kappa shape index (κ2) is 7.61. The summed E-state index contributed by atoms with van der Waals surface area (Å²) >= 11 is 7.50. The average Bonchev–Trinajstić information content (AvgIpc) is 3.14. The molecule has 5 heteroatoms. The van der Waals surface area contributed by atoms with E-state index in [0.29, 0.717) is 10.6 Å². The zero-order chi connectivity index (χ0) is 18.8. The minimum Gasteiger partial charge on any atom is -0.384 e. The zero-order valence-electron chi connectivity index (χ0n) is 14.1. The third-order valence-corrected chi connectivity index (χ3v) is 5.64. The highest BCUT2D eigenvalue weighted by molar-refractivity contribution is 7.14. The molecule has 1 atom stereocenters. The van der Waals surface area contributed by atoms with Gasteiger partial charge in [-0.25, -0.2) is 4.39 Å². The Bertz CT molecular complexity index is 1060. The number of aliphatic hydroxyl groups is 1. The molecule has 0 amide bonds. The lowest BCUT2D eigenvalue weighted by atomic mass is 9.93. The number of nitrogens with zero attached hydrogens (tertiary/aromatic N) is 1. The Labute approximate surface area is 165 Å². The van der Waals surface area contributed by atoms with Crippen LogP contribution in [0.2, 0.25) is 5.02 Å². The molecular formula is C22H15ClFNOS. The van der Waals surface area contributed by atoms with Crippen LogP contribution in [-0.2, 0) is 0 Å². The lowest BCUT2D eigenvalue weighted by molar-refractivity contribution is 0.221. The van der Waals surface area contributed by atoms with Gasteiger partial charge < -0.3 is 5.11 Å². The summed E-state index contributed by atoms with van der Waals surface area (Å²) in [7, 11) is 0. The molecule has 0 fully saturated rings. The summed E-state index contributed by atoms with van der Waals surface area (Å²) in [6, 6.07) is 17.5. The lowest BCUT2D eigenvalue weighted by Gasteiger charge is -2.15. The topological polar surface area (TPSA) is 33.1 Å². The number of pyridine rings is 1. The summed E-state index contributed by atoms with van der Waals surface area (Å²) in [4.78, 5) is 4.94. The third-order valence-electron chi connectivity index (χ3n) is 4.35. The van der Waals surface area contributed by atoms with Crippen molar-refractivity contribution in [3.8, 4) is 21.6 Å². The van der Waals surface area contributed by atoms with E-state index < -0.39 is 6.10 Å². The first kappa shape index (κ1) is 17.9. The van der Waals surface area contributed by atoms with Crippen molar-refractivity contribution in [2.45, 2.75) is 6.10 Å². The van der Waals surface area contributed by atoms with Crippen molar-refractivity contribution in [2.75, 3.05) is 0 Å². The second-order valence-electron chi connectivity index (χ2n) is 6.10. The second-order valence-corrected chi connectivity index (χ2v) is 7.41. The number of aromatic nitrogens is 1. The van der Waals surface area contributed by atoms with Crippen LogP contribution in [0.15, 0.2) is 78.4 Å². The molecular weight excluding hydrogens is 381 g/mol. The first-order valence-electron chi connectivity index (χ1n) is 8.35. The molecule has 2 heterocycles. The van der Waals surface area contributed by atoms with Crippen molar-refractivity contribution in [2.24, 2.45) is 0 Å². The van der Waals surface area contributed by atoms with E-state index in [1.165, 1.54) is 23.5 Å². The van der Waals surface area contributed by atoms with E-state index >= 15 is 0 Å². The van der Waals surface area contributed by atoms with Crippen LogP contribution < -0.4 is 0 Å². The monoisotopic (exact) mass is 395 g/mol. The molecule has 0 bridgehead atoms. The molecule has 0 saturated carbocycles. The largest absolute Gasteiger partial charge is 0.384 e. The van der Waals surface area contributed by atoms with Crippen molar-refractivity contribution >= 4 is 22.9 Å². The van der Waals surface area contributed by atoms with E-state index in [2.05, 4.69) is 4.98 Å². The van der Waals surface area contributed by atoms with E-state index in [9.17, 15) is 9.50 Å². The standard InChI is InChI=1S/C22H15ClFNOS/c23-17-8-6-14(7-9-17)19-13-27-22(15-3-1-5-18(24)11-15)20(19)21(26)16-4-2-10-25-12-16/h1-13,21,26H. The van der Waals surface area contributed by atoms with Crippen molar-refractivity contribution < 1.29 is 9.50 Å². The third kappa shape index (κ3) is 3.65. The molecule has 2 nitrogen and oxygen atoms in total. The predicted molar refractivity (Wildman–Crippen MR) is 108 cm³/mol. The molecule has 2 aromatic carbocycles. The molecule has 27 heavy (non-hydrogen) atoms. The number of rotatable bonds is 4. The molecule has 2 aromatic heterocycles. The summed E-state index contributed by atoms with van der Waals surface area (Å²) in [5, 5.41) is 13.8. The van der Waals surface area contributed by atoms with Gasteiger partial charge in [-0.3, -0.25) is 4.98 Å². The Morgan fingerprint density at radius 1 is 1.00 bits per heavy atom. The molecule has 0 saturated heterocycles. The molecule has 0 aliphatic carbocycles. The molecule has 4 rings (SSSR count). The maximum atomic E-state index is 13.8. The fraction of sp³-hybridized carbons (Fsp3) is 0.0455. The highest BCUT2D eigenvalue weighted by atomic mass is 35.5. The minimum absolute atomic E-state index is 0.309. The number of hydrogen-bond acceptors (Lipinski definition) is 3. The van der Waals surface area contributed by atoms with Gasteiger partial charge in [-0.2, -0.15) is 0 Å². The van der Waals surface area contributed by atoms with E-state index in [1.54, 1.807) is 24.5 Å². The summed E-state index contributed by atoms with van der Waals surface area (Å²) in [6.07, 6.45) is 2.43. The van der Waals surface area contributed by atoms with Crippen molar-refractivity contribution in [3.63, 3.8) is 0 Å². The van der Waals surface area contributed by atoms with E-state index in [-0.39, 0.29) is 5.82 Å². The number of thiophene rings is 1. The summed E-state index contributed by atoms with van der Waals surface area (Å²) < 4.78 is 13.8. The van der Waals surface area contributed by atoms with Gasteiger partial charge in [0.25, 0.3) is 0 Å². The summed E-state index contributed by atoms with van der Waals surface area (Å²) in [5.41, 5.74) is 3.99. The van der Waals surface area contributed by atoms with Gasteiger partial charge >= 0.3 is 0 Å². The SMILES string of the molecule is OC(c1cccnc1)c1c(-c2ccc(Cl)cc2)csc1-c1cccc(F)c1. The fourth-order valence-electron chi connectivity index (χ4n) is 3.05. The van der Waals surface area contributed by atoms with Gasteiger partial charge in [0, 0.05) is 33.4 Å². The van der Waals surface area contributed by atoms with Crippen molar-refractivity contribution in [1.29, 1.82) is 0 Å². The molecule has 1 unspecified atom stereocenters. The number of halogens is 2. The quantitative estimate of drug-likeness (QED) is 0.436. The summed E-state index contributed by atoms with van der Waals surface area (Å²) in [6.45, 7) is 0. The molecule has 0 spiro atoms. The molecule has 1 N–H and O–H groups in total. The summed E-state index contributed by atoms with van der Waals surface area (Å²) in [5.74, 6) is -0.309. The van der Waals surface area contributed by atoms with Crippen LogP contribution in [0.5, 0.6) is 0 Å². The van der Waals surface area contributed by atoms with Crippen LogP contribution in [0.25, 0.3) is 21.6 Å². The molecule has 0 aliphatic rings. The van der Waals surface area contributed by atoms with Crippen molar-refractivity contribution in [1.82, 2.24) is 4.98 Å². The maximum absolute atomic E-state index is 13.8. The Kier molecular flexibility index (Phi) is 5.03. The molecule has 4 aromatic rings. The minimum atomic E-state index is -0.881. The van der Waals surface area contributed by atoms with Crippen LogP contribution in [0, 0.1) is 5.82 Å². The van der Waals surface area contributed by atoms with Gasteiger partial charge in [0.1, 0.15) is 11.9 Å². The fourth-order valence-corrected chi connectivity index (χ4v) is 4.29. The number of aliphatic hydroxyl groups excluding tert-OH is 1. The van der Waals surface area contributed by atoms with Crippen LogP contribution in [-0.4, -0.2) is 10.1 Å². The van der Waals surface area contributed by atoms with Gasteiger partial charge in [-0.1, -0.05) is 41.9 Å². The Hall–Kier alpha value is -2.53. The average molecular weight is 396 g/mol. The van der Waals surface area contributed by atoms with E-state index in [0.717, 1.165) is 27.1 Å². The van der Waals surface area contributed by atoms with Crippen molar-refractivity contribution in [3.05, 3.63) is 100 Å². The smallest absolute Gasteiger partial charge is 0.123 e. The van der Waals surface area contributed by atoms with Gasteiger partial charge in [-0.05, 0) is 52.4 Å². The van der Waals surface area contributed by atoms with Gasteiger partial charge in [0.2, 0.25) is 0 Å². The maximum Gasteiger partial charge on any atom is 0.123 e. The number of benzene rings is 2. The highest BCUT2D eigenvalue weighted by Crippen LogP contribution is 2.43. The Balaban J connectivity index is 1.91. The van der Waals surface area contributed by atoms with E-state index in [4.69, 9.17) is 11.6 Å². The lowest BCUT2D eigenvalue weighted by Crippen LogP contribution is -2.02. The Morgan fingerprint density at radius 2 is 1.81 bits per heavy atom. The van der Waals surface area contributed by atoms with Gasteiger partial charge in [0.05, 0.1) is 0 Å². The van der Waals surface area contributed by atoms with Crippen LogP contribution in [0.1, 0.15) is 17.2 Å². The Morgan fingerprint density at radius 3 is 2.52 bits per heavy atom. The molecule has 0 radical (unpaired) electrons. The van der Waals surface area contributed by atoms with E-state index in [1.807, 2.05) is 41.8 Å². The zero-order valence-corrected chi connectivity index (χ0v) is 15.7. The van der Waals surface area contributed by atoms with Crippen LogP contribution in [0.3, 0.4) is 0 Å². The normalized spacial score (nSPS) is 12.1. The van der Waals surface area contributed by atoms with Crippen LogP contribution in [0.4, 0.5) is 4.39 Å². The predicted octanol–water partition coefficient (Wildman–Crippen LogP) is 6.35. The molecule has 134 valence electrons. The first-order chi connectivity index (χ1) is 13.1. The van der Waals surface area contributed by atoms with Crippen LogP contribution >= 0.6 is 22.9 Å². The highest BCUT2D eigenvalue weighted by Gasteiger charge is 2.23. The molecule has 0 aliphatic heterocycles. The van der Waals surface area contributed by atoms with Gasteiger partial charge in [-0.15, -0.1) is 11.3 Å². The first-order valence-corrected chi connectivity index (χ1v) is 9.60. The number of hydrogen-bond donors (Lipinski definition) is 1.